The molecule has 0 bridgehead atoms. The summed E-state index contributed by atoms with van der Waals surface area (Å²) in [7, 11) is 0. The van der Waals surface area contributed by atoms with Crippen LogP contribution >= 0.6 is 0 Å². The van der Waals surface area contributed by atoms with Crippen molar-refractivity contribution in [2.45, 2.75) is 77.0 Å². The normalized spacial score (nSPS) is 18.3. The van der Waals surface area contributed by atoms with Gasteiger partial charge in [0.1, 0.15) is 71.3 Å². The number of epoxide rings is 4. The van der Waals surface area contributed by atoms with Gasteiger partial charge in [0, 0.05) is 95.2 Å². The third kappa shape index (κ3) is 14.0. The molecule has 0 N–H and O–H groups in total. The summed E-state index contributed by atoms with van der Waals surface area (Å²) in [4.78, 5) is 103. The lowest BCUT2D eigenvalue weighted by Crippen LogP contribution is -2.52. The molecule has 0 aliphatic carbocycles. The van der Waals surface area contributed by atoms with E-state index in [1.807, 2.05) is 137 Å². The third-order valence-corrected chi connectivity index (χ3v) is 20.4. The van der Waals surface area contributed by atoms with Crippen molar-refractivity contribution >= 4 is 78.7 Å². The lowest BCUT2D eigenvalue weighted by molar-refractivity contribution is -0.149. The SMILES string of the molecule is Cc1ccc(Oc2cc3c4c(cc(Oc5ccc(C)cc5)c5c6c(Oc7ccc(C)cc7)cc7c8c(cc(Oc9ccc(C)cc9)c(c2c45)c86)C(=O)N(C(Cc2ccccc2)C(=O)OCCN(CC2CO2)CC2CO2)C7=O)C(=O)N(C(Cc2ccccc2)C(=O)OCCN(CC2CO2)CC2CO2)C3=O)cc1. The van der Waals surface area contributed by atoms with Gasteiger partial charge >= 0.3 is 11.9 Å². The molecular weight excluding hydrogens is 1340 g/mol. The molecule has 20 heteroatoms. The second kappa shape index (κ2) is 28.4. The molecule has 20 nitrogen and oxygen atoms in total. The molecule has 6 atom stereocenters. The van der Waals surface area contributed by atoms with Crippen molar-refractivity contribution in [2.75, 3.05) is 78.9 Å². The molecule has 0 spiro atoms. The van der Waals surface area contributed by atoms with Gasteiger partial charge in [-0.2, -0.15) is 0 Å². The van der Waals surface area contributed by atoms with Crippen LogP contribution in [0, 0.1) is 27.7 Å². The van der Waals surface area contributed by atoms with Crippen molar-refractivity contribution in [3.05, 3.63) is 238 Å². The molecule has 6 aliphatic heterocycles. The maximum absolute atomic E-state index is 16.5. The number of fused-ring (bicyclic) bond motifs is 2. The van der Waals surface area contributed by atoms with Gasteiger partial charge in [-0.3, -0.25) is 38.8 Å². The molecule has 0 aromatic heterocycles. The number of amides is 4. The molecule has 0 radical (unpaired) electrons. The van der Waals surface area contributed by atoms with Gasteiger partial charge in [0.15, 0.2) is 0 Å². The van der Waals surface area contributed by atoms with Gasteiger partial charge in [-0.15, -0.1) is 0 Å². The zero-order valence-corrected chi connectivity index (χ0v) is 59.0. The highest BCUT2D eigenvalue weighted by molar-refractivity contribution is 6.45. The summed E-state index contributed by atoms with van der Waals surface area (Å²) >= 11 is 0. The molecule has 536 valence electrons. The van der Waals surface area contributed by atoms with Gasteiger partial charge in [0.2, 0.25) is 0 Å². The van der Waals surface area contributed by atoms with Crippen molar-refractivity contribution in [2.24, 2.45) is 0 Å². The van der Waals surface area contributed by atoms with E-state index in [0.29, 0.717) is 121 Å². The Labute approximate surface area is 611 Å². The highest BCUT2D eigenvalue weighted by Gasteiger charge is 2.48. The molecule has 11 aromatic carbocycles. The highest BCUT2D eigenvalue weighted by Crippen LogP contribution is 2.58. The summed E-state index contributed by atoms with van der Waals surface area (Å²) in [5.41, 5.74) is 5.06. The Morgan fingerprint density at radius 1 is 0.368 bits per heavy atom. The van der Waals surface area contributed by atoms with Crippen molar-refractivity contribution in [1.82, 2.24) is 19.6 Å². The first kappa shape index (κ1) is 68.0. The van der Waals surface area contributed by atoms with Crippen LogP contribution in [0.3, 0.4) is 0 Å². The summed E-state index contributed by atoms with van der Waals surface area (Å²) in [6, 6.07) is 51.2. The number of aryl methyl sites for hydroxylation is 4. The minimum absolute atomic E-state index is 0.000493. The fourth-order valence-electron chi connectivity index (χ4n) is 14.7. The monoisotopic (exact) mass is 1420 g/mol. The van der Waals surface area contributed by atoms with Gasteiger partial charge in [-0.05, 0) is 112 Å². The average molecular weight is 1420 g/mol. The van der Waals surface area contributed by atoms with Crippen LogP contribution in [0.1, 0.15) is 74.8 Å². The molecule has 4 saturated heterocycles. The number of nitrogens with zero attached hydrogens (tertiary/aromatic N) is 4. The minimum Gasteiger partial charge on any atom is -0.463 e. The Balaban J connectivity index is 0.911. The first-order valence-corrected chi connectivity index (χ1v) is 36.0. The molecule has 6 aliphatic rings. The zero-order chi connectivity index (χ0) is 72.4. The number of carbonyl (C=O) groups excluding carboxylic acids is 6. The number of imide groups is 2. The maximum Gasteiger partial charge on any atom is 0.329 e. The predicted molar refractivity (Wildman–Crippen MR) is 395 cm³/mol. The van der Waals surface area contributed by atoms with Crippen LogP contribution in [0.2, 0.25) is 0 Å². The number of hydrogen-bond donors (Lipinski definition) is 0. The standard InChI is InChI=1S/C86H76N4O16/c1-49-15-23-55(24-16-49)103-69-37-63-73-64(82(92)89(81(63)91)67(35-53-11-7-5-8-12-53)85(95)97-33-31-87(41-59-45-99-59)42-60-46-100-60)39-71(105-57-27-19-51(3)20-28-57)77-78-72(106-58-29-21-52(4)22-30-58)40-66-74-65(38-70(76(80(74)78)75(69)79(73)77)104-56-25-17-50(2)18-26-56)83(93)90(84(66)94)68(36-54-13-9-6-10-14-54)86(96)98-34-32-88(43-61-47-101-61)44-62-48-102-62/h5-30,37-40,59-62,67-68H,31-36,41-48H2,1-4H3. The number of benzene rings is 11. The molecule has 4 fully saturated rings. The van der Waals surface area contributed by atoms with Crippen molar-refractivity contribution in [3.8, 4) is 46.0 Å². The van der Waals surface area contributed by atoms with Crippen LogP contribution in [0.4, 0.5) is 0 Å². The lowest BCUT2D eigenvalue weighted by atomic mass is 9.80. The van der Waals surface area contributed by atoms with Gasteiger partial charge in [-0.1, -0.05) is 131 Å². The summed E-state index contributed by atoms with van der Waals surface area (Å²) in [6.45, 7) is 13.4. The summed E-state index contributed by atoms with van der Waals surface area (Å²) in [5.74, 6) is -3.06. The maximum atomic E-state index is 16.5. The number of hydrogen-bond acceptors (Lipinski definition) is 18. The first-order valence-electron chi connectivity index (χ1n) is 36.0. The quantitative estimate of drug-likeness (QED) is 0.0134. The number of carbonyl (C=O) groups is 6. The van der Waals surface area contributed by atoms with Crippen molar-refractivity contribution in [3.63, 3.8) is 0 Å². The van der Waals surface area contributed by atoms with Crippen LogP contribution < -0.4 is 18.9 Å². The van der Waals surface area contributed by atoms with Gasteiger partial charge < -0.3 is 47.4 Å². The van der Waals surface area contributed by atoms with E-state index < -0.39 is 47.7 Å². The van der Waals surface area contributed by atoms with E-state index in [4.69, 9.17) is 47.4 Å². The smallest absolute Gasteiger partial charge is 0.329 e. The predicted octanol–water partition coefficient (Wildman–Crippen LogP) is 13.8. The van der Waals surface area contributed by atoms with E-state index in [1.54, 1.807) is 72.8 Å². The second-order valence-corrected chi connectivity index (χ2v) is 28.4. The Kier molecular flexibility index (Phi) is 18.2. The Morgan fingerprint density at radius 3 is 0.868 bits per heavy atom. The van der Waals surface area contributed by atoms with Crippen LogP contribution in [0.25, 0.3) is 43.1 Å². The molecule has 17 rings (SSSR count). The number of ether oxygens (including phenoxy) is 10. The number of esters is 2. The van der Waals surface area contributed by atoms with Crippen LogP contribution in [0.15, 0.2) is 182 Å². The fourth-order valence-corrected chi connectivity index (χ4v) is 14.7. The Hall–Kier alpha value is -11.1. The van der Waals surface area contributed by atoms with E-state index in [-0.39, 0.29) is 117 Å². The highest BCUT2D eigenvalue weighted by atomic mass is 16.6. The van der Waals surface area contributed by atoms with Crippen molar-refractivity contribution in [1.29, 1.82) is 0 Å². The Morgan fingerprint density at radius 2 is 0.623 bits per heavy atom. The molecular formula is C86H76N4O16. The average Bonchev–Trinajstić information content (AvgIpc) is 0.805. The molecule has 4 amide bonds. The van der Waals surface area contributed by atoms with Crippen molar-refractivity contribution < 1.29 is 76.1 Å². The molecule has 6 unspecified atom stereocenters. The zero-order valence-electron chi connectivity index (χ0n) is 59.0. The largest absolute Gasteiger partial charge is 0.463 e. The lowest BCUT2D eigenvalue weighted by Gasteiger charge is -2.35. The summed E-state index contributed by atoms with van der Waals surface area (Å²) in [6.07, 6.45) is 0.0359. The van der Waals surface area contributed by atoms with Crippen LogP contribution in [-0.4, -0.2) is 171 Å². The number of rotatable bonds is 30. The molecule has 11 aromatic rings. The van der Waals surface area contributed by atoms with E-state index >= 15 is 28.8 Å². The first-order chi connectivity index (χ1) is 51.6. The van der Waals surface area contributed by atoms with Gasteiger partial charge in [0.05, 0.1) is 73.1 Å². The molecule has 0 saturated carbocycles. The van der Waals surface area contributed by atoms with E-state index in [0.717, 1.165) is 32.1 Å². The van der Waals surface area contributed by atoms with Crippen LogP contribution in [0.5, 0.6) is 46.0 Å². The topological polar surface area (TPSA) is 221 Å². The molecule has 6 heterocycles. The van der Waals surface area contributed by atoms with Gasteiger partial charge in [0.25, 0.3) is 23.6 Å². The summed E-state index contributed by atoms with van der Waals surface area (Å²) < 4.78 is 63.7. The second-order valence-electron chi connectivity index (χ2n) is 28.4. The minimum atomic E-state index is -1.50. The summed E-state index contributed by atoms with van der Waals surface area (Å²) in [5, 5.41) is 2.10. The van der Waals surface area contributed by atoms with E-state index in [1.165, 1.54) is 0 Å². The fraction of sp³-hybridized carbons (Fsp3) is 0.279. The molecule has 106 heavy (non-hydrogen) atoms. The Bertz CT molecular complexity index is 4680. The van der Waals surface area contributed by atoms with Crippen LogP contribution in [-0.2, 0) is 50.9 Å². The third-order valence-electron chi connectivity index (χ3n) is 20.4. The van der Waals surface area contributed by atoms with E-state index in [2.05, 4.69) is 9.80 Å². The van der Waals surface area contributed by atoms with E-state index in [9.17, 15) is 0 Å². The van der Waals surface area contributed by atoms with Gasteiger partial charge in [-0.25, -0.2) is 9.59 Å².